The fourth-order valence-corrected chi connectivity index (χ4v) is 4.68. The maximum absolute atomic E-state index is 12.7. The molecule has 2 N–H and O–H groups in total. The Labute approximate surface area is 184 Å². The van der Waals surface area contributed by atoms with Crippen LogP contribution < -0.4 is 15.5 Å². The first-order chi connectivity index (χ1) is 15.0. The number of nitrogens with one attached hydrogen (secondary N) is 2. The minimum atomic E-state index is 0.239. The Morgan fingerprint density at radius 3 is 2.74 bits per heavy atom. The molecule has 1 aliphatic carbocycles. The van der Waals surface area contributed by atoms with Crippen LogP contribution in [0.25, 0.3) is 10.9 Å². The van der Waals surface area contributed by atoms with Crippen molar-refractivity contribution < 1.29 is 4.79 Å². The molecule has 7 nitrogen and oxygen atoms in total. The number of benzene rings is 1. The van der Waals surface area contributed by atoms with Gasteiger partial charge in [-0.3, -0.25) is 9.79 Å². The zero-order chi connectivity index (χ0) is 21.8. The fraction of sp³-hybridized carbons (Fsp3) is 0.542. The lowest BCUT2D eigenvalue weighted by Crippen LogP contribution is -2.45. The van der Waals surface area contributed by atoms with E-state index in [1.807, 2.05) is 42.1 Å². The van der Waals surface area contributed by atoms with E-state index in [-0.39, 0.29) is 12.0 Å². The number of hydrogen-bond donors (Lipinski definition) is 2. The molecule has 0 bridgehead atoms. The highest BCUT2D eigenvalue weighted by atomic mass is 16.2. The van der Waals surface area contributed by atoms with Gasteiger partial charge in [0.05, 0.1) is 5.52 Å². The van der Waals surface area contributed by atoms with Crippen LogP contribution in [0.1, 0.15) is 37.7 Å². The van der Waals surface area contributed by atoms with E-state index in [0.717, 1.165) is 55.0 Å². The lowest BCUT2D eigenvalue weighted by molar-refractivity contribution is -0.134. The third kappa shape index (κ3) is 4.92. The van der Waals surface area contributed by atoms with Gasteiger partial charge < -0.3 is 20.4 Å². The predicted molar refractivity (Wildman–Crippen MR) is 126 cm³/mol. The number of nitrogens with zero attached hydrogens (tertiary/aromatic N) is 4. The molecular formula is C24H34N6O. The van der Waals surface area contributed by atoms with E-state index in [1.165, 1.54) is 18.4 Å². The van der Waals surface area contributed by atoms with Crippen LogP contribution in [0.2, 0.25) is 0 Å². The summed E-state index contributed by atoms with van der Waals surface area (Å²) in [5.74, 6) is 2.31. The first-order valence-electron chi connectivity index (χ1n) is 11.4. The zero-order valence-electron chi connectivity index (χ0n) is 18.9. The number of anilines is 1. The molecule has 1 amide bonds. The van der Waals surface area contributed by atoms with Gasteiger partial charge in [-0.2, -0.15) is 0 Å². The van der Waals surface area contributed by atoms with E-state index in [1.54, 1.807) is 7.05 Å². The van der Waals surface area contributed by atoms with Crippen LogP contribution in [0.3, 0.4) is 0 Å². The molecule has 0 spiro atoms. The van der Waals surface area contributed by atoms with Gasteiger partial charge in [0.15, 0.2) is 5.96 Å². The highest BCUT2D eigenvalue weighted by Crippen LogP contribution is 2.28. The smallest absolute Gasteiger partial charge is 0.225 e. The van der Waals surface area contributed by atoms with Gasteiger partial charge in [0.1, 0.15) is 5.82 Å². The predicted octanol–water partition coefficient (Wildman–Crippen LogP) is 2.76. The van der Waals surface area contributed by atoms with Gasteiger partial charge >= 0.3 is 0 Å². The number of amides is 1. The molecule has 2 aromatic rings. The summed E-state index contributed by atoms with van der Waals surface area (Å²) >= 11 is 0. The van der Waals surface area contributed by atoms with Gasteiger partial charge in [0, 0.05) is 58.1 Å². The van der Waals surface area contributed by atoms with E-state index in [4.69, 9.17) is 4.98 Å². The number of carbonyl (C=O) groups is 1. The van der Waals surface area contributed by atoms with E-state index in [2.05, 4.69) is 27.8 Å². The van der Waals surface area contributed by atoms with Gasteiger partial charge in [-0.25, -0.2) is 4.98 Å². The highest BCUT2D eigenvalue weighted by Gasteiger charge is 2.32. The van der Waals surface area contributed by atoms with Crippen LogP contribution in [0.5, 0.6) is 0 Å². The number of carbonyl (C=O) groups excluding carboxylic acids is 1. The molecule has 1 aromatic carbocycles. The summed E-state index contributed by atoms with van der Waals surface area (Å²) in [6, 6.07) is 10.6. The first kappa shape index (κ1) is 21.4. The number of fused-ring (bicyclic) bond motifs is 1. The molecule has 7 heteroatoms. The van der Waals surface area contributed by atoms with Crippen molar-refractivity contribution in [3.05, 3.63) is 35.9 Å². The summed E-state index contributed by atoms with van der Waals surface area (Å²) < 4.78 is 0. The molecule has 166 valence electrons. The van der Waals surface area contributed by atoms with Crippen molar-refractivity contribution in [3.8, 4) is 0 Å². The molecule has 1 saturated carbocycles. The second kappa shape index (κ2) is 9.54. The Balaban J connectivity index is 1.38. The maximum Gasteiger partial charge on any atom is 0.225 e. The fourth-order valence-electron chi connectivity index (χ4n) is 4.68. The molecule has 1 atom stereocenters. The Hall–Kier alpha value is -2.83. The number of rotatable bonds is 5. The van der Waals surface area contributed by atoms with Crippen LogP contribution in [-0.4, -0.2) is 62.0 Å². The number of aromatic nitrogens is 1. The normalized spacial score (nSPS) is 19.8. The van der Waals surface area contributed by atoms with E-state index < -0.39 is 0 Å². The van der Waals surface area contributed by atoms with Gasteiger partial charge in [-0.1, -0.05) is 31.0 Å². The number of guanidine groups is 1. The van der Waals surface area contributed by atoms with Crippen LogP contribution in [0, 0.1) is 5.92 Å². The van der Waals surface area contributed by atoms with Crippen LogP contribution in [0.15, 0.2) is 35.3 Å². The second-order valence-electron chi connectivity index (χ2n) is 8.87. The van der Waals surface area contributed by atoms with Crippen molar-refractivity contribution in [1.29, 1.82) is 0 Å². The summed E-state index contributed by atoms with van der Waals surface area (Å²) in [5.41, 5.74) is 2.17. The summed E-state index contributed by atoms with van der Waals surface area (Å²) in [4.78, 5) is 25.9. The third-order valence-corrected chi connectivity index (χ3v) is 6.46. The molecule has 1 unspecified atom stereocenters. The van der Waals surface area contributed by atoms with E-state index >= 15 is 0 Å². The maximum atomic E-state index is 12.7. The average molecular weight is 423 g/mol. The van der Waals surface area contributed by atoms with Crippen molar-refractivity contribution in [2.24, 2.45) is 10.9 Å². The zero-order valence-corrected chi connectivity index (χ0v) is 18.9. The third-order valence-electron chi connectivity index (χ3n) is 6.46. The lowest BCUT2D eigenvalue weighted by Gasteiger charge is -2.22. The van der Waals surface area contributed by atoms with Gasteiger partial charge in [0.2, 0.25) is 5.91 Å². The summed E-state index contributed by atoms with van der Waals surface area (Å²) in [6.07, 6.45) is 5.47. The van der Waals surface area contributed by atoms with Crippen molar-refractivity contribution in [3.63, 3.8) is 0 Å². The van der Waals surface area contributed by atoms with Crippen molar-refractivity contribution >= 4 is 28.6 Å². The highest BCUT2D eigenvalue weighted by molar-refractivity contribution is 5.85. The number of pyridine rings is 1. The molecule has 0 radical (unpaired) electrons. The summed E-state index contributed by atoms with van der Waals surface area (Å²) in [5, 5.41) is 8.12. The largest absolute Gasteiger partial charge is 0.363 e. The van der Waals surface area contributed by atoms with Crippen molar-refractivity contribution in [2.75, 3.05) is 39.1 Å². The molecule has 2 heterocycles. The minimum absolute atomic E-state index is 0.239. The number of likely N-dealkylation sites (tertiary alicyclic amines) is 1. The van der Waals surface area contributed by atoms with E-state index in [0.29, 0.717) is 12.5 Å². The number of hydrogen-bond acceptors (Lipinski definition) is 4. The SMILES string of the molecule is CN=C(NCc1cc(N(C)C)nc2ccccc12)NC1CCN(C(=O)C2CCCC2)C1. The Bertz CT molecular complexity index is 950. The monoisotopic (exact) mass is 422 g/mol. The first-order valence-corrected chi connectivity index (χ1v) is 11.4. The second-order valence-corrected chi connectivity index (χ2v) is 8.87. The molecule has 2 aliphatic rings. The Morgan fingerprint density at radius 2 is 2.00 bits per heavy atom. The van der Waals surface area contributed by atoms with Crippen molar-refractivity contribution in [1.82, 2.24) is 20.5 Å². The van der Waals surface area contributed by atoms with Crippen LogP contribution in [0.4, 0.5) is 5.82 Å². The molecule has 2 fully saturated rings. The number of aliphatic imine (C=N–C) groups is 1. The molecular weight excluding hydrogens is 388 g/mol. The summed E-state index contributed by atoms with van der Waals surface area (Å²) in [7, 11) is 5.81. The van der Waals surface area contributed by atoms with Gasteiger partial charge in [-0.05, 0) is 37.0 Å². The number of para-hydroxylation sites is 1. The molecule has 1 aliphatic heterocycles. The van der Waals surface area contributed by atoms with Crippen LogP contribution >= 0.6 is 0 Å². The Kier molecular flexibility index (Phi) is 6.59. The lowest BCUT2D eigenvalue weighted by atomic mass is 10.1. The molecule has 1 saturated heterocycles. The molecule has 1 aromatic heterocycles. The quantitative estimate of drug-likeness (QED) is 0.573. The van der Waals surface area contributed by atoms with Gasteiger partial charge in [0.25, 0.3) is 0 Å². The standard InChI is InChI=1S/C24H34N6O/c1-25-24(27-19-12-13-30(16-19)23(31)17-8-4-5-9-17)26-15-18-14-22(29(2)3)28-21-11-7-6-10-20(18)21/h6-7,10-11,14,17,19H,4-5,8-9,12-13,15-16H2,1-3H3,(H2,25,26,27). The van der Waals surface area contributed by atoms with E-state index in [9.17, 15) is 4.79 Å². The van der Waals surface area contributed by atoms with Crippen LogP contribution in [-0.2, 0) is 11.3 Å². The molecule has 4 rings (SSSR count). The molecule has 31 heavy (non-hydrogen) atoms. The minimum Gasteiger partial charge on any atom is -0.363 e. The topological polar surface area (TPSA) is 72.9 Å². The van der Waals surface area contributed by atoms with Crippen molar-refractivity contribution in [2.45, 2.75) is 44.7 Å². The average Bonchev–Trinajstić information content (AvgIpc) is 3.48. The van der Waals surface area contributed by atoms with Gasteiger partial charge in [-0.15, -0.1) is 0 Å². The Morgan fingerprint density at radius 1 is 1.23 bits per heavy atom. The summed E-state index contributed by atoms with van der Waals surface area (Å²) in [6.45, 7) is 2.26.